The van der Waals surface area contributed by atoms with E-state index in [2.05, 4.69) is 24.0 Å². The smallest absolute Gasteiger partial charge is 0.0992 e. The summed E-state index contributed by atoms with van der Waals surface area (Å²) in [5.74, 6) is 0.912. The van der Waals surface area contributed by atoms with Crippen molar-refractivity contribution in [1.82, 2.24) is 0 Å². The molecule has 0 saturated carbocycles. The Labute approximate surface area is 104 Å². The van der Waals surface area contributed by atoms with Gasteiger partial charge < -0.3 is 4.90 Å². The first-order valence-electron chi connectivity index (χ1n) is 6.58. The summed E-state index contributed by atoms with van der Waals surface area (Å²) in [6, 6.07) is 10.2. The highest BCUT2D eigenvalue weighted by molar-refractivity contribution is 5.51. The van der Waals surface area contributed by atoms with Crippen LogP contribution in [0.25, 0.3) is 0 Å². The highest BCUT2D eigenvalue weighted by atomic mass is 15.1. The number of hydrogen-bond acceptors (Lipinski definition) is 2. The molecule has 0 aromatic heterocycles. The molecule has 1 aromatic rings. The Morgan fingerprint density at radius 2 is 2.12 bits per heavy atom. The number of piperidine rings is 1. The molecule has 1 aliphatic rings. The van der Waals surface area contributed by atoms with Crippen molar-refractivity contribution in [3.8, 4) is 6.07 Å². The van der Waals surface area contributed by atoms with Crippen LogP contribution >= 0.6 is 0 Å². The Kier molecular flexibility index (Phi) is 4.03. The van der Waals surface area contributed by atoms with Crippen LogP contribution in [0, 0.1) is 17.2 Å². The van der Waals surface area contributed by atoms with Gasteiger partial charge in [0, 0.05) is 18.8 Å². The van der Waals surface area contributed by atoms with E-state index in [0.29, 0.717) is 0 Å². The van der Waals surface area contributed by atoms with Crippen molar-refractivity contribution in [2.24, 2.45) is 5.92 Å². The van der Waals surface area contributed by atoms with E-state index >= 15 is 0 Å². The van der Waals surface area contributed by atoms with Gasteiger partial charge in [0.2, 0.25) is 0 Å². The number of nitriles is 1. The highest BCUT2D eigenvalue weighted by Crippen LogP contribution is 2.26. The van der Waals surface area contributed by atoms with Crippen LogP contribution < -0.4 is 4.90 Å². The van der Waals surface area contributed by atoms with Gasteiger partial charge in [-0.05, 0) is 37.0 Å². The van der Waals surface area contributed by atoms with E-state index in [1.54, 1.807) is 0 Å². The van der Waals surface area contributed by atoms with Gasteiger partial charge in [-0.2, -0.15) is 5.26 Å². The summed E-state index contributed by atoms with van der Waals surface area (Å²) in [6.45, 7) is 4.54. The Morgan fingerprint density at radius 1 is 1.35 bits per heavy atom. The predicted molar refractivity (Wildman–Crippen MR) is 71.0 cm³/mol. The van der Waals surface area contributed by atoms with Gasteiger partial charge >= 0.3 is 0 Å². The zero-order valence-electron chi connectivity index (χ0n) is 10.5. The minimum atomic E-state index is 0.762. The average molecular weight is 228 g/mol. The fourth-order valence-corrected chi connectivity index (χ4v) is 2.66. The maximum atomic E-state index is 8.90. The Morgan fingerprint density at radius 3 is 2.76 bits per heavy atom. The molecular weight excluding hydrogens is 208 g/mol. The molecule has 0 radical (unpaired) electrons. The van der Waals surface area contributed by atoms with Crippen LogP contribution in [-0.4, -0.2) is 13.1 Å². The van der Waals surface area contributed by atoms with Crippen LogP contribution in [0.4, 0.5) is 5.69 Å². The molecule has 0 bridgehead atoms. The first kappa shape index (κ1) is 12.0. The fourth-order valence-electron chi connectivity index (χ4n) is 2.66. The molecule has 1 heterocycles. The standard InChI is InChI=1S/C15H20N2/c1-2-4-13-7-9-17(10-8-13)15-6-3-5-14(11-15)12-16/h3,5-6,11,13H,2,4,7-10H2,1H3. The van der Waals surface area contributed by atoms with Gasteiger partial charge in [-0.3, -0.25) is 0 Å². The molecule has 90 valence electrons. The van der Waals surface area contributed by atoms with Crippen molar-refractivity contribution in [1.29, 1.82) is 5.26 Å². The van der Waals surface area contributed by atoms with Crippen molar-refractivity contribution in [3.05, 3.63) is 29.8 Å². The van der Waals surface area contributed by atoms with Crippen molar-refractivity contribution < 1.29 is 0 Å². The Balaban J connectivity index is 1.98. The first-order valence-corrected chi connectivity index (χ1v) is 6.58. The molecule has 2 rings (SSSR count). The van der Waals surface area contributed by atoms with Crippen LogP contribution in [0.3, 0.4) is 0 Å². The summed E-state index contributed by atoms with van der Waals surface area (Å²) in [7, 11) is 0. The van der Waals surface area contributed by atoms with Crippen LogP contribution in [0.5, 0.6) is 0 Å². The molecule has 0 spiro atoms. The molecule has 1 aliphatic heterocycles. The quantitative estimate of drug-likeness (QED) is 0.790. The summed E-state index contributed by atoms with van der Waals surface area (Å²) in [4.78, 5) is 2.41. The fraction of sp³-hybridized carbons (Fsp3) is 0.533. The normalized spacial score (nSPS) is 16.8. The number of hydrogen-bond donors (Lipinski definition) is 0. The van der Waals surface area contributed by atoms with E-state index < -0.39 is 0 Å². The lowest BCUT2D eigenvalue weighted by atomic mass is 9.92. The minimum Gasteiger partial charge on any atom is -0.371 e. The van der Waals surface area contributed by atoms with Crippen molar-refractivity contribution in [3.63, 3.8) is 0 Å². The molecule has 0 amide bonds. The van der Waals surface area contributed by atoms with Gasteiger partial charge in [-0.15, -0.1) is 0 Å². The lowest BCUT2D eigenvalue weighted by Crippen LogP contribution is -2.33. The molecule has 17 heavy (non-hydrogen) atoms. The zero-order chi connectivity index (χ0) is 12.1. The summed E-state index contributed by atoms with van der Waals surface area (Å²) >= 11 is 0. The van der Waals surface area contributed by atoms with Gasteiger partial charge in [0.05, 0.1) is 11.6 Å². The molecule has 0 unspecified atom stereocenters. The third kappa shape index (κ3) is 3.00. The predicted octanol–water partition coefficient (Wildman–Crippen LogP) is 3.57. The number of benzene rings is 1. The lowest BCUT2D eigenvalue weighted by Gasteiger charge is -2.33. The van der Waals surface area contributed by atoms with E-state index in [4.69, 9.17) is 5.26 Å². The topological polar surface area (TPSA) is 27.0 Å². The Bertz CT molecular complexity index is 398. The van der Waals surface area contributed by atoms with Crippen LogP contribution in [0.2, 0.25) is 0 Å². The minimum absolute atomic E-state index is 0.762. The third-order valence-electron chi connectivity index (χ3n) is 3.65. The van der Waals surface area contributed by atoms with E-state index in [1.807, 2.05) is 18.2 Å². The molecule has 2 nitrogen and oxygen atoms in total. The van der Waals surface area contributed by atoms with E-state index in [0.717, 1.165) is 24.6 Å². The zero-order valence-corrected chi connectivity index (χ0v) is 10.5. The van der Waals surface area contributed by atoms with E-state index in [-0.39, 0.29) is 0 Å². The van der Waals surface area contributed by atoms with Crippen LogP contribution in [0.15, 0.2) is 24.3 Å². The molecule has 1 aromatic carbocycles. The van der Waals surface area contributed by atoms with Gasteiger partial charge in [-0.1, -0.05) is 25.8 Å². The average Bonchev–Trinajstić information content (AvgIpc) is 2.40. The van der Waals surface area contributed by atoms with Gasteiger partial charge in [0.1, 0.15) is 0 Å². The summed E-state index contributed by atoms with van der Waals surface area (Å²) in [5, 5.41) is 8.90. The lowest BCUT2D eigenvalue weighted by molar-refractivity contribution is 0.378. The number of rotatable bonds is 3. The van der Waals surface area contributed by atoms with Gasteiger partial charge in [-0.25, -0.2) is 0 Å². The van der Waals surface area contributed by atoms with E-state index in [1.165, 1.54) is 31.4 Å². The summed E-state index contributed by atoms with van der Waals surface area (Å²) in [5.41, 5.74) is 1.97. The van der Waals surface area contributed by atoms with Crippen LogP contribution in [0.1, 0.15) is 38.2 Å². The van der Waals surface area contributed by atoms with E-state index in [9.17, 15) is 0 Å². The molecule has 0 N–H and O–H groups in total. The second-order valence-corrected chi connectivity index (χ2v) is 4.88. The van der Waals surface area contributed by atoms with Gasteiger partial charge in [0.15, 0.2) is 0 Å². The molecule has 2 heteroatoms. The van der Waals surface area contributed by atoms with Crippen molar-refractivity contribution in [2.75, 3.05) is 18.0 Å². The van der Waals surface area contributed by atoms with Gasteiger partial charge in [0.25, 0.3) is 0 Å². The molecule has 1 saturated heterocycles. The molecule has 0 atom stereocenters. The summed E-state index contributed by atoms with van der Waals surface area (Å²) < 4.78 is 0. The maximum Gasteiger partial charge on any atom is 0.0992 e. The molecule has 1 fully saturated rings. The second-order valence-electron chi connectivity index (χ2n) is 4.88. The number of anilines is 1. The SMILES string of the molecule is CCCC1CCN(c2cccc(C#N)c2)CC1. The number of nitrogens with zero attached hydrogens (tertiary/aromatic N) is 2. The van der Waals surface area contributed by atoms with Crippen molar-refractivity contribution >= 4 is 5.69 Å². The maximum absolute atomic E-state index is 8.90. The largest absolute Gasteiger partial charge is 0.371 e. The summed E-state index contributed by atoms with van der Waals surface area (Å²) in [6.07, 6.45) is 5.26. The molecule has 0 aliphatic carbocycles. The van der Waals surface area contributed by atoms with Crippen molar-refractivity contribution in [2.45, 2.75) is 32.6 Å². The molecular formula is C15H20N2. The third-order valence-corrected chi connectivity index (χ3v) is 3.65. The monoisotopic (exact) mass is 228 g/mol. The van der Waals surface area contributed by atoms with Crippen LogP contribution in [-0.2, 0) is 0 Å². The Hall–Kier alpha value is -1.49. The first-order chi connectivity index (χ1) is 8.33. The highest BCUT2D eigenvalue weighted by Gasteiger charge is 2.18. The second kappa shape index (κ2) is 5.72.